The molecule has 0 radical (unpaired) electrons. The lowest BCUT2D eigenvalue weighted by Gasteiger charge is -2.24. The van der Waals surface area contributed by atoms with Crippen molar-refractivity contribution in [2.75, 3.05) is 18.4 Å². The lowest BCUT2D eigenvalue weighted by atomic mass is 10.2. The molecule has 1 unspecified atom stereocenters. The van der Waals surface area contributed by atoms with Crippen molar-refractivity contribution < 1.29 is 14.5 Å². The number of anilines is 1. The number of pyridine rings is 1. The van der Waals surface area contributed by atoms with Gasteiger partial charge < -0.3 is 15.0 Å². The van der Waals surface area contributed by atoms with Crippen LogP contribution in [0, 0.1) is 17.0 Å². The third-order valence-corrected chi connectivity index (χ3v) is 3.46. The van der Waals surface area contributed by atoms with Crippen molar-refractivity contribution in [2.45, 2.75) is 45.8 Å². The number of ether oxygens (including phenoxy) is 1. The Morgan fingerprint density at radius 3 is 2.78 bits per heavy atom. The predicted octanol–water partition coefficient (Wildman–Crippen LogP) is 2.72. The van der Waals surface area contributed by atoms with Gasteiger partial charge in [-0.1, -0.05) is 0 Å². The van der Waals surface area contributed by atoms with Crippen LogP contribution in [0.5, 0.6) is 0 Å². The fourth-order valence-electron chi connectivity index (χ4n) is 2.37. The summed E-state index contributed by atoms with van der Waals surface area (Å²) >= 11 is 0. The molecule has 0 aromatic carbocycles. The highest BCUT2D eigenvalue weighted by Gasteiger charge is 2.30. The number of nitrogens with one attached hydrogen (secondary N) is 1. The van der Waals surface area contributed by atoms with Gasteiger partial charge >= 0.3 is 6.09 Å². The molecule has 1 aliphatic rings. The summed E-state index contributed by atoms with van der Waals surface area (Å²) in [6, 6.07) is 1.53. The summed E-state index contributed by atoms with van der Waals surface area (Å²) in [5.41, 5.74) is 0.156. The first-order chi connectivity index (χ1) is 10.7. The van der Waals surface area contributed by atoms with Crippen LogP contribution in [0.3, 0.4) is 0 Å². The Kier molecular flexibility index (Phi) is 4.72. The van der Waals surface area contributed by atoms with Crippen LogP contribution in [0.15, 0.2) is 12.3 Å². The summed E-state index contributed by atoms with van der Waals surface area (Å²) in [5, 5.41) is 14.0. The Bertz CT molecular complexity index is 612. The van der Waals surface area contributed by atoms with Gasteiger partial charge in [0.2, 0.25) is 0 Å². The molecule has 8 nitrogen and oxygen atoms in total. The number of aryl methyl sites for hydroxylation is 1. The number of hydrogen-bond donors (Lipinski definition) is 1. The quantitative estimate of drug-likeness (QED) is 0.679. The van der Waals surface area contributed by atoms with Crippen molar-refractivity contribution >= 4 is 17.6 Å². The third-order valence-electron chi connectivity index (χ3n) is 3.46. The van der Waals surface area contributed by atoms with Gasteiger partial charge in [-0.2, -0.15) is 0 Å². The number of rotatable bonds is 3. The first-order valence-electron chi connectivity index (χ1n) is 7.51. The largest absolute Gasteiger partial charge is 0.444 e. The second-order valence-corrected chi connectivity index (χ2v) is 6.67. The molecular weight excluding hydrogens is 300 g/mol. The zero-order valence-corrected chi connectivity index (χ0v) is 13.8. The van der Waals surface area contributed by atoms with Crippen molar-refractivity contribution in [2.24, 2.45) is 0 Å². The summed E-state index contributed by atoms with van der Waals surface area (Å²) in [4.78, 5) is 28.1. The van der Waals surface area contributed by atoms with Crippen LogP contribution in [0.2, 0.25) is 0 Å². The molecular formula is C15H22N4O4. The molecule has 1 saturated heterocycles. The van der Waals surface area contributed by atoms with Gasteiger partial charge in [0.15, 0.2) is 0 Å². The zero-order valence-electron chi connectivity index (χ0n) is 13.8. The Hall–Kier alpha value is -2.38. The molecule has 2 heterocycles. The molecule has 2 rings (SSSR count). The van der Waals surface area contributed by atoms with Gasteiger partial charge in [-0.25, -0.2) is 9.78 Å². The lowest BCUT2D eigenvalue weighted by molar-refractivity contribution is -0.385. The molecule has 1 N–H and O–H groups in total. The molecule has 1 aromatic heterocycles. The molecule has 126 valence electrons. The highest BCUT2D eigenvalue weighted by molar-refractivity contribution is 5.68. The van der Waals surface area contributed by atoms with E-state index in [-0.39, 0.29) is 17.8 Å². The second kappa shape index (κ2) is 6.39. The van der Waals surface area contributed by atoms with E-state index in [9.17, 15) is 14.9 Å². The summed E-state index contributed by atoms with van der Waals surface area (Å²) < 4.78 is 5.35. The van der Waals surface area contributed by atoms with Gasteiger partial charge in [-0.05, 0) is 39.7 Å². The molecule has 1 aromatic rings. The fourth-order valence-corrected chi connectivity index (χ4v) is 2.37. The van der Waals surface area contributed by atoms with E-state index in [0.29, 0.717) is 24.5 Å². The molecule has 0 spiro atoms. The van der Waals surface area contributed by atoms with Crippen molar-refractivity contribution in [1.29, 1.82) is 0 Å². The normalized spacial score (nSPS) is 17.9. The zero-order chi connectivity index (χ0) is 17.2. The average molecular weight is 322 g/mol. The maximum Gasteiger partial charge on any atom is 0.410 e. The Balaban J connectivity index is 1.96. The van der Waals surface area contributed by atoms with E-state index >= 15 is 0 Å². The molecule has 23 heavy (non-hydrogen) atoms. The summed E-state index contributed by atoms with van der Waals surface area (Å²) in [6.45, 7) is 8.40. The SMILES string of the molecule is Cc1cc([N+](=O)[O-])cnc1NC1CCN(C(=O)OC(C)(C)C)C1. The monoisotopic (exact) mass is 322 g/mol. The minimum Gasteiger partial charge on any atom is -0.444 e. The molecule has 0 saturated carbocycles. The molecule has 1 aliphatic heterocycles. The van der Waals surface area contributed by atoms with E-state index in [4.69, 9.17) is 4.74 Å². The topological polar surface area (TPSA) is 97.6 Å². The summed E-state index contributed by atoms with van der Waals surface area (Å²) in [7, 11) is 0. The fraction of sp³-hybridized carbons (Fsp3) is 0.600. The Labute approximate surface area is 135 Å². The number of amides is 1. The van der Waals surface area contributed by atoms with Crippen LogP contribution in [0.4, 0.5) is 16.3 Å². The predicted molar refractivity (Wildman–Crippen MR) is 85.5 cm³/mol. The van der Waals surface area contributed by atoms with E-state index < -0.39 is 10.5 Å². The van der Waals surface area contributed by atoms with E-state index in [1.807, 2.05) is 20.8 Å². The highest BCUT2D eigenvalue weighted by Crippen LogP contribution is 2.22. The van der Waals surface area contributed by atoms with Crippen LogP contribution in [0.25, 0.3) is 0 Å². The van der Waals surface area contributed by atoms with Gasteiger partial charge in [-0.15, -0.1) is 0 Å². The van der Waals surface area contributed by atoms with Crippen molar-refractivity contribution in [3.8, 4) is 0 Å². The number of aromatic nitrogens is 1. The summed E-state index contributed by atoms with van der Waals surface area (Å²) in [6.07, 6.45) is 1.68. The van der Waals surface area contributed by atoms with Crippen LogP contribution >= 0.6 is 0 Å². The second-order valence-electron chi connectivity index (χ2n) is 6.67. The van der Waals surface area contributed by atoms with Crippen LogP contribution < -0.4 is 5.32 Å². The molecule has 1 fully saturated rings. The minimum absolute atomic E-state index is 0.0325. The molecule has 0 bridgehead atoms. The maximum absolute atomic E-state index is 12.0. The minimum atomic E-state index is -0.515. The van der Waals surface area contributed by atoms with Gasteiger partial charge in [-0.3, -0.25) is 10.1 Å². The molecule has 0 aliphatic carbocycles. The number of hydrogen-bond acceptors (Lipinski definition) is 6. The number of nitrogens with zero attached hydrogens (tertiary/aromatic N) is 3. The van der Waals surface area contributed by atoms with E-state index in [1.165, 1.54) is 12.3 Å². The number of likely N-dealkylation sites (tertiary alicyclic amines) is 1. The third kappa shape index (κ3) is 4.54. The van der Waals surface area contributed by atoms with Crippen LogP contribution in [-0.2, 0) is 4.74 Å². The number of carbonyl (C=O) groups is 1. The van der Waals surface area contributed by atoms with Crippen molar-refractivity contribution in [3.05, 3.63) is 27.9 Å². The Morgan fingerprint density at radius 1 is 1.52 bits per heavy atom. The Morgan fingerprint density at radius 2 is 2.22 bits per heavy atom. The molecule has 1 amide bonds. The van der Waals surface area contributed by atoms with Crippen molar-refractivity contribution in [1.82, 2.24) is 9.88 Å². The van der Waals surface area contributed by atoms with Gasteiger partial charge in [0.25, 0.3) is 5.69 Å². The lowest BCUT2D eigenvalue weighted by Crippen LogP contribution is -2.36. The molecule has 1 atom stereocenters. The van der Waals surface area contributed by atoms with Crippen molar-refractivity contribution in [3.63, 3.8) is 0 Å². The summed E-state index contributed by atoms with van der Waals surface area (Å²) in [5.74, 6) is 0.603. The number of nitro groups is 1. The number of carbonyl (C=O) groups excluding carboxylic acids is 1. The maximum atomic E-state index is 12.0. The van der Waals surface area contributed by atoms with E-state index in [2.05, 4.69) is 10.3 Å². The van der Waals surface area contributed by atoms with Gasteiger partial charge in [0.05, 0.1) is 4.92 Å². The highest BCUT2D eigenvalue weighted by atomic mass is 16.6. The van der Waals surface area contributed by atoms with E-state index in [1.54, 1.807) is 11.8 Å². The smallest absolute Gasteiger partial charge is 0.410 e. The first kappa shape index (κ1) is 17.0. The molecule has 8 heteroatoms. The van der Waals surface area contributed by atoms with Gasteiger partial charge in [0, 0.05) is 25.2 Å². The van der Waals surface area contributed by atoms with E-state index in [0.717, 1.165) is 6.42 Å². The standard InChI is InChI=1S/C15H22N4O4/c1-10-7-12(19(21)22)8-16-13(10)17-11-5-6-18(9-11)14(20)23-15(2,3)4/h7-8,11H,5-6,9H2,1-4H3,(H,16,17). The average Bonchev–Trinajstić information content (AvgIpc) is 2.87. The van der Waals surface area contributed by atoms with Gasteiger partial charge in [0.1, 0.15) is 17.6 Å². The van der Waals surface area contributed by atoms with Crippen LogP contribution in [-0.4, -0.2) is 45.6 Å². The van der Waals surface area contributed by atoms with Crippen LogP contribution in [0.1, 0.15) is 32.8 Å². The first-order valence-corrected chi connectivity index (χ1v) is 7.51.